The number of carbonyl (C=O) groups excluding carboxylic acids is 2. The molecule has 0 saturated heterocycles. The fourth-order valence-electron chi connectivity index (χ4n) is 2.43. The lowest BCUT2D eigenvalue weighted by Crippen LogP contribution is -2.24. The van der Waals surface area contributed by atoms with Crippen molar-refractivity contribution in [2.24, 2.45) is 0 Å². The van der Waals surface area contributed by atoms with Crippen molar-refractivity contribution in [3.8, 4) is 0 Å². The monoisotopic (exact) mass is 267 g/mol. The molecule has 0 heterocycles. The second kappa shape index (κ2) is 4.03. The highest BCUT2D eigenvalue weighted by atomic mass is 16.4. The van der Waals surface area contributed by atoms with Crippen molar-refractivity contribution in [1.82, 2.24) is 0 Å². The van der Waals surface area contributed by atoms with E-state index < -0.39 is 11.8 Å². The van der Waals surface area contributed by atoms with E-state index >= 15 is 0 Å². The van der Waals surface area contributed by atoms with E-state index in [0.717, 1.165) is 0 Å². The number of carboxylic acids is 1. The molecule has 0 atom stereocenters. The highest BCUT2D eigenvalue weighted by Gasteiger charge is 2.33. The quantitative estimate of drug-likeness (QED) is 0.654. The second-order valence-electron chi connectivity index (χ2n) is 4.46. The van der Waals surface area contributed by atoms with Crippen LogP contribution in [0.5, 0.6) is 0 Å². The Morgan fingerprint density at radius 1 is 0.900 bits per heavy atom. The zero-order valence-corrected chi connectivity index (χ0v) is 10.2. The molecule has 3 rings (SSSR count). The third kappa shape index (κ3) is 1.46. The van der Waals surface area contributed by atoms with Gasteiger partial charge in [0.15, 0.2) is 11.6 Å². The van der Waals surface area contributed by atoms with Gasteiger partial charge in [-0.25, -0.2) is 4.79 Å². The smallest absolute Gasteiger partial charge is 0.338 e. The van der Waals surface area contributed by atoms with Crippen LogP contribution >= 0.6 is 0 Å². The fraction of sp³-hybridized carbons (Fsp3) is 0. The molecule has 0 aliphatic heterocycles. The number of anilines is 1. The molecule has 0 bridgehead atoms. The largest absolute Gasteiger partial charge is 0.478 e. The van der Waals surface area contributed by atoms with Crippen LogP contribution in [0.25, 0.3) is 0 Å². The van der Waals surface area contributed by atoms with Crippen molar-refractivity contribution in [2.75, 3.05) is 5.73 Å². The Labute approximate surface area is 113 Å². The molecule has 0 unspecified atom stereocenters. The Morgan fingerprint density at radius 2 is 1.50 bits per heavy atom. The summed E-state index contributed by atoms with van der Waals surface area (Å²) in [5.74, 6) is -2.17. The highest BCUT2D eigenvalue weighted by Crippen LogP contribution is 2.31. The van der Waals surface area contributed by atoms with Crippen molar-refractivity contribution >= 4 is 23.2 Å². The van der Waals surface area contributed by atoms with Crippen LogP contribution in [-0.2, 0) is 0 Å². The number of nitrogen functional groups attached to an aromatic ring is 1. The van der Waals surface area contributed by atoms with Crippen molar-refractivity contribution in [2.45, 2.75) is 0 Å². The van der Waals surface area contributed by atoms with Gasteiger partial charge in [0.2, 0.25) is 0 Å². The maximum atomic E-state index is 12.5. The lowest BCUT2D eigenvalue weighted by atomic mass is 9.81. The summed E-state index contributed by atoms with van der Waals surface area (Å²) in [6.45, 7) is 0. The SMILES string of the molecule is Nc1ccc2c(c1C(=O)O)C(=O)c1ccccc1C2=O. The highest BCUT2D eigenvalue weighted by molar-refractivity contribution is 6.31. The van der Waals surface area contributed by atoms with Crippen LogP contribution < -0.4 is 5.73 Å². The molecule has 5 heteroatoms. The van der Waals surface area contributed by atoms with Crippen LogP contribution in [0, 0.1) is 0 Å². The first kappa shape index (κ1) is 12.1. The Morgan fingerprint density at radius 3 is 2.10 bits per heavy atom. The average Bonchev–Trinajstić information content (AvgIpc) is 2.44. The molecule has 1 aliphatic rings. The Kier molecular flexibility index (Phi) is 2.44. The predicted molar refractivity (Wildman–Crippen MR) is 71.1 cm³/mol. The van der Waals surface area contributed by atoms with Crippen LogP contribution in [0.15, 0.2) is 36.4 Å². The number of ketones is 2. The number of carbonyl (C=O) groups is 3. The Balaban J connectivity index is 2.40. The third-order valence-corrected chi connectivity index (χ3v) is 3.34. The van der Waals surface area contributed by atoms with Gasteiger partial charge in [-0.3, -0.25) is 9.59 Å². The van der Waals surface area contributed by atoms with E-state index in [2.05, 4.69) is 0 Å². The molecule has 0 aromatic heterocycles. The second-order valence-corrected chi connectivity index (χ2v) is 4.46. The number of rotatable bonds is 1. The summed E-state index contributed by atoms with van der Waals surface area (Å²) in [7, 11) is 0. The van der Waals surface area contributed by atoms with Gasteiger partial charge in [-0.2, -0.15) is 0 Å². The van der Waals surface area contributed by atoms with Crippen molar-refractivity contribution < 1.29 is 19.5 Å². The van der Waals surface area contributed by atoms with E-state index in [0.29, 0.717) is 0 Å². The van der Waals surface area contributed by atoms with Crippen LogP contribution in [0.4, 0.5) is 5.69 Å². The number of hydrogen-bond donors (Lipinski definition) is 2. The summed E-state index contributed by atoms with van der Waals surface area (Å²) in [6, 6.07) is 9.07. The number of carboxylic acid groups (broad SMARTS) is 1. The minimum atomic E-state index is -1.32. The summed E-state index contributed by atoms with van der Waals surface area (Å²) < 4.78 is 0. The lowest BCUT2D eigenvalue weighted by Gasteiger charge is -2.19. The van der Waals surface area contributed by atoms with Gasteiger partial charge in [0.1, 0.15) is 0 Å². The number of hydrogen-bond acceptors (Lipinski definition) is 4. The predicted octanol–water partition coefficient (Wildman–Crippen LogP) is 1.74. The standard InChI is InChI=1S/C15H9NO4/c16-10-6-5-9-11(12(10)15(19)20)14(18)8-4-2-1-3-7(8)13(9)17/h1-6H,16H2,(H,19,20). The summed E-state index contributed by atoms with van der Waals surface area (Å²) in [6.07, 6.45) is 0. The topological polar surface area (TPSA) is 97.5 Å². The third-order valence-electron chi connectivity index (χ3n) is 3.34. The number of aromatic carboxylic acids is 1. The molecule has 0 saturated carbocycles. The average molecular weight is 267 g/mol. The van der Waals surface area contributed by atoms with E-state index in [9.17, 15) is 19.5 Å². The van der Waals surface area contributed by atoms with E-state index in [1.807, 2.05) is 0 Å². The van der Waals surface area contributed by atoms with Crippen LogP contribution in [-0.4, -0.2) is 22.6 Å². The van der Waals surface area contributed by atoms with Gasteiger partial charge >= 0.3 is 5.97 Å². The molecule has 0 spiro atoms. The van der Waals surface area contributed by atoms with Gasteiger partial charge in [-0.05, 0) is 12.1 Å². The molecule has 1 aliphatic carbocycles. The van der Waals surface area contributed by atoms with Crippen molar-refractivity contribution in [3.05, 3.63) is 64.2 Å². The molecule has 2 aromatic rings. The van der Waals surface area contributed by atoms with Crippen molar-refractivity contribution in [1.29, 1.82) is 0 Å². The molecule has 0 amide bonds. The number of nitrogens with two attached hydrogens (primary N) is 1. The van der Waals surface area contributed by atoms with Crippen LogP contribution in [0.3, 0.4) is 0 Å². The zero-order valence-electron chi connectivity index (χ0n) is 10.2. The molecule has 3 N–H and O–H groups in total. The zero-order chi connectivity index (χ0) is 14.4. The molecule has 2 aromatic carbocycles. The first-order chi connectivity index (χ1) is 9.52. The molecule has 98 valence electrons. The summed E-state index contributed by atoms with van der Waals surface area (Å²) in [5, 5.41) is 9.23. The van der Waals surface area contributed by atoms with E-state index in [4.69, 9.17) is 5.73 Å². The van der Waals surface area contributed by atoms with Gasteiger partial charge in [0, 0.05) is 22.4 Å². The van der Waals surface area contributed by atoms with Gasteiger partial charge in [-0.15, -0.1) is 0 Å². The lowest BCUT2D eigenvalue weighted by molar-refractivity contribution is 0.0694. The summed E-state index contributed by atoms with van der Waals surface area (Å²) >= 11 is 0. The minimum absolute atomic E-state index is 0.0308. The fourth-order valence-corrected chi connectivity index (χ4v) is 2.43. The number of fused-ring (bicyclic) bond motifs is 2. The van der Waals surface area contributed by atoms with Gasteiger partial charge in [0.05, 0.1) is 11.1 Å². The maximum absolute atomic E-state index is 12.5. The first-order valence-electron chi connectivity index (χ1n) is 5.86. The van der Waals surface area contributed by atoms with Gasteiger partial charge in [-0.1, -0.05) is 24.3 Å². The van der Waals surface area contributed by atoms with Crippen molar-refractivity contribution in [3.63, 3.8) is 0 Å². The van der Waals surface area contributed by atoms with Gasteiger partial charge in [0.25, 0.3) is 0 Å². The molecule has 5 nitrogen and oxygen atoms in total. The summed E-state index contributed by atoms with van der Waals surface area (Å²) in [4.78, 5) is 36.1. The van der Waals surface area contributed by atoms with E-state index in [1.54, 1.807) is 18.2 Å². The van der Waals surface area contributed by atoms with E-state index in [-0.39, 0.29) is 39.3 Å². The Hall–Kier alpha value is -2.95. The van der Waals surface area contributed by atoms with Crippen LogP contribution in [0.1, 0.15) is 42.2 Å². The normalized spacial score (nSPS) is 12.8. The molecule has 0 radical (unpaired) electrons. The van der Waals surface area contributed by atoms with Crippen LogP contribution in [0.2, 0.25) is 0 Å². The first-order valence-corrected chi connectivity index (χ1v) is 5.86. The Bertz CT molecular complexity index is 792. The molecule has 20 heavy (non-hydrogen) atoms. The molecular weight excluding hydrogens is 258 g/mol. The molecular formula is C15H9NO4. The minimum Gasteiger partial charge on any atom is -0.478 e. The maximum Gasteiger partial charge on any atom is 0.338 e. The summed E-state index contributed by atoms with van der Waals surface area (Å²) in [5.41, 5.74) is 5.74. The van der Waals surface area contributed by atoms with Gasteiger partial charge < -0.3 is 10.8 Å². The van der Waals surface area contributed by atoms with E-state index in [1.165, 1.54) is 18.2 Å². The molecule has 0 fully saturated rings. The number of benzene rings is 2.